The molecule has 0 aliphatic heterocycles. The molecule has 0 amide bonds. The van der Waals surface area contributed by atoms with Gasteiger partial charge in [0.25, 0.3) is 0 Å². The zero-order valence-corrected chi connectivity index (χ0v) is 13.1. The van der Waals surface area contributed by atoms with E-state index in [9.17, 15) is 0 Å². The zero-order chi connectivity index (χ0) is 14.7. The van der Waals surface area contributed by atoms with Gasteiger partial charge in [0.05, 0.1) is 6.04 Å². The second-order valence-electron chi connectivity index (χ2n) is 6.14. The number of fused-ring (bicyclic) bond motifs is 1. The van der Waals surface area contributed by atoms with Crippen molar-refractivity contribution in [3.05, 3.63) is 47.2 Å². The molecule has 1 aromatic heterocycles. The van der Waals surface area contributed by atoms with E-state index in [4.69, 9.17) is 4.42 Å². The molecule has 1 aromatic carbocycles. The van der Waals surface area contributed by atoms with E-state index >= 15 is 0 Å². The van der Waals surface area contributed by atoms with E-state index in [-0.39, 0.29) is 6.04 Å². The first kappa shape index (κ1) is 14.4. The molecular weight excluding hydrogens is 258 g/mol. The minimum atomic E-state index is 0.218. The fraction of sp³-hybridized carbons (Fsp3) is 0.474. The average molecular weight is 283 g/mol. The van der Waals surface area contributed by atoms with Crippen LogP contribution in [0.25, 0.3) is 11.0 Å². The summed E-state index contributed by atoms with van der Waals surface area (Å²) in [6.07, 6.45) is 10.2. The van der Waals surface area contributed by atoms with Gasteiger partial charge in [-0.2, -0.15) is 0 Å². The Labute approximate surface area is 127 Å². The van der Waals surface area contributed by atoms with Gasteiger partial charge < -0.3 is 9.73 Å². The van der Waals surface area contributed by atoms with E-state index in [0.29, 0.717) is 0 Å². The van der Waals surface area contributed by atoms with Crippen LogP contribution in [-0.4, -0.2) is 7.05 Å². The molecular formula is C19H25NO. The summed E-state index contributed by atoms with van der Waals surface area (Å²) in [7, 11) is 2.03. The number of hydrogen-bond acceptors (Lipinski definition) is 2. The molecule has 112 valence electrons. The Balaban J connectivity index is 1.93. The number of aryl methyl sites for hydroxylation is 1. The van der Waals surface area contributed by atoms with Crippen LogP contribution in [0.15, 0.2) is 40.3 Å². The maximum absolute atomic E-state index is 6.10. The maximum atomic E-state index is 6.10. The number of benzene rings is 1. The molecule has 0 fully saturated rings. The third kappa shape index (κ3) is 3.21. The van der Waals surface area contributed by atoms with Crippen LogP contribution in [0.1, 0.15) is 55.9 Å². The highest BCUT2D eigenvalue weighted by Crippen LogP contribution is 2.32. The molecule has 1 atom stereocenters. The second kappa shape index (κ2) is 6.48. The molecule has 0 bridgehead atoms. The van der Waals surface area contributed by atoms with Gasteiger partial charge in [0.15, 0.2) is 0 Å². The van der Waals surface area contributed by atoms with Crippen LogP contribution in [0.5, 0.6) is 0 Å². The van der Waals surface area contributed by atoms with Crippen LogP contribution in [0.2, 0.25) is 0 Å². The van der Waals surface area contributed by atoms with E-state index in [1.165, 1.54) is 55.0 Å². The van der Waals surface area contributed by atoms with Gasteiger partial charge in [-0.05, 0) is 63.4 Å². The fourth-order valence-electron chi connectivity index (χ4n) is 3.31. The highest BCUT2D eigenvalue weighted by Gasteiger charge is 2.19. The molecule has 2 heteroatoms. The molecule has 0 saturated carbocycles. The number of nitrogens with one attached hydrogen (secondary N) is 1. The lowest BCUT2D eigenvalue weighted by Gasteiger charge is -2.20. The van der Waals surface area contributed by atoms with Gasteiger partial charge in [0.2, 0.25) is 0 Å². The summed E-state index contributed by atoms with van der Waals surface area (Å²) in [5.41, 5.74) is 3.76. The second-order valence-corrected chi connectivity index (χ2v) is 6.14. The van der Waals surface area contributed by atoms with Crippen LogP contribution >= 0.6 is 0 Å². The van der Waals surface area contributed by atoms with Crippen LogP contribution in [0.3, 0.4) is 0 Å². The summed E-state index contributed by atoms with van der Waals surface area (Å²) < 4.78 is 6.10. The summed E-state index contributed by atoms with van der Waals surface area (Å²) in [5, 5.41) is 4.66. The third-order valence-electron chi connectivity index (χ3n) is 4.46. The molecule has 1 aliphatic carbocycles. The van der Waals surface area contributed by atoms with E-state index < -0.39 is 0 Å². The number of likely N-dealkylation sites (N-methyl/N-ethyl adjacent to an activating group) is 1. The number of allylic oxidation sites excluding steroid dienone is 1. The normalized spacial score (nSPS) is 20.6. The molecule has 0 radical (unpaired) electrons. The van der Waals surface area contributed by atoms with Crippen molar-refractivity contribution in [2.75, 3.05) is 7.05 Å². The van der Waals surface area contributed by atoms with E-state index in [1.54, 1.807) is 0 Å². The number of hydrogen-bond donors (Lipinski definition) is 1. The van der Waals surface area contributed by atoms with Crippen molar-refractivity contribution < 1.29 is 4.42 Å². The lowest BCUT2D eigenvalue weighted by atomic mass is 9.93. The molecule has 1 N–H and O–H groups in total. The summed E-state index contributed by atoms with van der Waals surface area (Å²) in [4.78, 5) is 0. The Morgan fingerprint density at radius 1 is 1.10 bits per heavy atom. The summed E-state index contributed by atoms with van der Waals surface area (Å²) in [6.45, 7) is 2.12. The van der Waals surface area contributed by atoms with Crippen molar-refractivity contribution in [2.45, 2.75) is 51.5 Å². The van der Waals surface area contributed by atoms with E-state index in [0.717, 1.165) is 11.3 Å². The predicted molar refractivity (Wildman–Crippen MR) is 88.5 cm³/mol. The molecule has 1 heterocycles. The Kier molecular flexibility index (Phi) is 4.45. The molecule has 2 aromatic rings. The Bertz CT molecular complexity index is 638. The molecule has 0 spiro atoms. The maximum Gasteiger partial charge on any atom is 0.134 e. The monoisotopic (exact) mass is 283 g/mol. The van der Waals surface area contributed by atoms with Gasteiger partial charge in [-0.1, -0.05) is 30.5 Å². The molecule has 0 saturated heterocycles. The van der Waals surface area contributed by atoms with Crippen LogP contribution in [0, 0.1) is 6.92 Å². The first-order chi connectivity index (χ1) is 10.3. The highest BCUT2D eigenvalue weighted by atomic mass is 16.3. The SMILES string of the molecule is CNC(/C1=C/CCCCCC1)c1cc2cc(C)ccc2o1. The van der Waals surface area contributed by atoms with Crippen LogP contribution in [-0.2, 0) is 0 Å². The molecule has 1 aliphatic rings. The average Bonchev–Trinajstić information content (AvgIpc) is 2.84. The minimum Gasteiger partial charge on any atom is -0.459 e. The van der Waals surface area contributed by atoms with Gasteiger partial charge in [0.1, 0.15) is 11.3 Å². The van der Waals surface area contributed by atoms with Crippen molar-refractivity contribution in [3.63, 3.8) is 0 Å². The van der Waals surface area contributed by atoms with E-state index in [1.807, 2.05) is 7.05 Å². The Morgan fingerprint density at radius 2 is 1.95 bits per heavy atom. The van der Waals surface area contributed by atoms with Gasteiger partial charge in [-0.3, -0.25) is 0 Å². The Hall–Kier alpha value is -1.54. The summed E-state index contributed by atoms with van der Waals surface area (Å²) >= 11 is 0. The number of furan rings is 1. The van der Waals surface area contributed by atoms with Gasteiger partial charge in [0, 0.05) is 5.39 Å². The summed E-state index contributed by atoms with van der Waals surface area (Å²) in [6, 6.07) is 8.80. The van der Waals surface area contributed by atoms with Crippen molar-refractivity contribution >= 4 is 11.0 Å². The quantitative estimate of drug-likeness (QED) is 0.775. The smallest absolute Gasteiger partial charge is 0.134 e. The fourth-order valence-corrected chi connectivity index (χ4v) is 3.31. The molecule has 3 rings (SSSR count). The largest absolute Gasteiger partial charge is 0.459 e. The van der Waals surface area contributed by atoms with E-state index in [2.05, 4.69) is 42.6 Å². The lowest BCUT2D eigenvalue weighted by molar-refractivity contribution is 0.471. The van der Waals surface area contributed by atoms with Gasteiger partial charge in [-0.15, -0.1) is 0 Å². The van der Waals surface area contributed by atoms with Gasteiger partial charge >= 0.3 is 0 Å². The van der Waals surface area contributed by atoms with Crippen molar-refractivity contribution in [3.8, 4) is 0 Å². The van der Waals surface area contributed by atoms with Crippen molar-refractivity contribution in [2.24, 2.45) is 0 Å². The number of rotatable bonds is 3. The first-order valence-electron chi connectivity index (χ1n) is 8.14. The first-order valence-corrected chi connectivity index (χ1v) is 8.14. The highest BCUT2D eigenvalue weighted by molar-refractivity contribution is 5.78. The minimum absolute atomic E-state index is 0.218. The van der Waals surface area contributed by atoms with Crippen LogP contribution < -0.4 is 5.32 Å². The molecule has 2 nitrogen and oxygen atoms in total. The lowest BCUT2D eigenvalue weighted by Crippen LogP contribution is -2.18. The zero-order valence-electron chi connectivity index (χ0n) is 13.1. The Morgan fingerprint density at radius 3 is 2.81 bits per heavy atom. The molecule has 1 unspecified atom stereocenters. The van der Waals surface area contributed by atoms with Crippen LogP contribution in [0.4, 0.5) is 0 Å². The predicted octanol–water partition coefficient (Wildman–Crippen LogP) is 5.28. The standard InChI is InChI=1S/C19H25NO/c1-14-10-11-17-16(12-14)13-18(21-17)19(20-2)15-8-6-4-3-5-7-9-15/h8,10-13,19-20H,3-7,9H2,1-2H3/b15-8+. The van der Waals surface area contributed by atoms with Gasteiger partial charge in [-0.25, -0.2) is 0 Å². The van der Waals surface area contributed by atoms with Crippen molar-refractivity contribution in [1.29, 1.82) is 0 Å². The third-order valence-corrected chi connectivity index (χ3v) is 4.46. The van der Waals surface area contributed by atoms with Crippen molar-refractivity contribution in [1.82, 2.24) is 5.32 Å². The summed E-state index contributed by atoms with van der Waals surface area (Å²) in [5.74, 6) is 1.05. The topological polar surface area (TPSA) is 25.2 Å². The molecule has 21 heavy (non-hydrogen) atoms.